The number of carbonyl (C=O) groups is 1. The van der Waals surface area contributed by atoms with E-state index in [1.165, 1.54) is 30.4 Å². The van der Waals surface area contributed by atoms with Crippen molar-refractivity contribution in [1.29, 1.82) is 0 Å². The van der Waals surface area contributed by atoms with Crippen LogP contribution in [0.3, 0.4) is 0 Å². The summed E-state index contributed by atoms with van der Waals surface area (Å²) < 4.78 is 0. The maximum atomic E-state index is 12.2. The second-order valence-corrected chi connectivity index (χ2v) is 4.83. The molecule has 0 N–H and O–H groups in total. The summed E-state index contributed by atoms with van der Waals surface area (Å²) in [6, 6.07) is 9.64. The summed E-state index contributed by atoms with van der Waals surface area (Å²) in [5, 5.41) is 0. The van der Waals surface area contributed by atoms with Gasteiger partial charge >= 0.3 is 0 Å². The van der Waals surface area contributed by atoms with Gasteiger partial charge in [-0.25, -0.2) is 0 Å². The van der Waals surface area contributed by atoms with Crippen LogP contribution in [0.2, 0.25) is 0 Å². The van der Waals surface area contributed by atoms with E-state index in [9.17, 15) is 4.79 Å². The first-order valence-electron chi connectivity index (χ1n) is 6.54. The third-order valence-corrected chi connectivity index (χ3v) is 3.57. The number of rotatable bonds is 6. The number of carbonyl (C=O) groups excluding carboxylic acids is 1. The minimum Gasteiger partial charge on any atom is -0.293 e. The van der Waals surface area contributed by atoms with E-state index in [2.05, 4.69) is 13.8 Å². The molecule has 1 atom stereocenters. The van der Waals surface area contributed by atoms with Crippen LogP contribution >= 0.6 is 0 Å². The highest BCUT2D eigenvalue weighted by Gasteiger charge is 2.38. The van der Waals surface area contributed by atoms with Crippen molar-refractivity contribution in [2.45, 2.75) is 39.5 Å². The second kappa shape index (κ2) is 5.31. The number of Topliss-reactive ketones (excluding diaryl/α,β-unsaturated/α-hetero) is 1. The third-order valence-electron chi connectivity index (χ3n) is 3.57. The van der Waals surface area contributed by atoms with Crippen LogP contribution < -0.4 is 0 Å². The van der Waals surface area contributed by atoms with E-state index in [-0.39, 0.29) is 11.7 Å². The van der Waals surface area contributed by atoms with Crippen LogP contribution in [0, 0.1) is 5.92 Å². The van der Waals surface area contributed by atoms with E-state index >= 15 is 0 Å². The molecule has 2 rings (SSSR count). The van der Waals surface area contributed by atoms with Crippen LogP contribution in [0.5, 0.6) is 0 Å². The molecule has 90 valence electrons. The fourth-order valence-electron chi connectivity index (χ4n) is 2.42. The standard InChI is InChI=1S/C16H20O/c1-3-4-6-11-14-12(2)15(14)16(17)13-9-7-5-8-10-13/h5,7-10,15H,3-4,6,11H2,1-2H3. The molecular weight excluding hydrogens is 208 g/mol. The predicted molar refractivity (Wildman–Crippen MR) is 71.1 cm³/mol. The lowest BCUT2D eigenvalue weighted by molar-refractivity contribution is 0.0972. The number of allylic oxidation sites excluding steroid dienone is 2. The Morgan fingerprint density at radius 2 is 1.88 bits per heavy atom. The van der Waals surface area contributed by atoms with Crippen LogP contribution in [0.15, 0.2) is 41.5 Å². The van der Waals surface area contributed by atoms with Crippen molar-refractivity contribution < 1.29 is 4.79 Å². The van der Waals surface area contributed by atoms with Gasteiger partial charge in [-0.15, -0.1) is 0 Å². The van der Waals surface area contributed by atoms with Crippen molar-refractivity contribution in [3.63, 3.8) is 0 Å². The van der Waals surface area contributed by atoms with Crippen molar-refractivity contribution >= 4 is 5.78 Å². The molecule has 0 amide bonds. The van der Waals surface area contributed by atoms with Gasteiger partial charge in [0.1, 0.15) is 0 Å². The molecule has 1 aromatic carbocycles. The summed E-state index contributed by atoms with van der Waals surface area (Å²) in [7, 11) is 0. The number of hydrogen-bond acceptors (Lipinski definition) is 1. The van der Waals surface area contributed by atoms with Crippen LogP contribution in [-0.2, 0) is 0 Å². The van der Waals surface area contributed by atoms with Crippen molar-refractivity contribution in [3.05, 3.63) is 47.0 Å². The number of hydrogen-bond donors (Lipinski definition) is 0. The fourth-order valence-corrected chi connectivity index (χ4v) is 2.42. The summed E-state index contributed by atoms with van der Waals surface area (Å²) in [5.74, 6) is 0.420. The van der Waals surface area contributed by atoms with Gasteiger partial charge in [0.05, 0.1) is 5.92 Å². The zero-order valence-corrected chi connectivity index (χ0v) is 10.7. The van der Waals surface area contributed by atoms with Crippen molar-refractivity contribution in [2.75, 3.05) is 0 Å². The van der Waals surface area contributed by atoms with E-state index < -0.39 is 0 Å². The van der Waals surface area contributed by atoms with Gasteiger partial charge in [0.25, 0.3) is 0 Å². The van der Waals surface area contributed by atoms with Gasteiger partial charge in [-0.2, -0.15) is 0 Å². The lowest BCUT2D eigenvalue weighted by Gasteiger charge is -2.01. The molecule has 0 saturated carbocycles. The van der Waals surface area contributed by atoms with Gasteiger partial charge in [0.2, 0.25) is 0 Å². The molecule has 0 aliphatic heterocycles. The molecule has 1 aromatic rings. The van der Waals surface area contributed by atoms with Crippen LogP contribution in [0.4, 0.5) is 0 Å². The normalized spacial score (nSPS) is 18.4. The average Bonchev–Trinajstić information content (AvgIpc) is 3.00. The topological polar surface area (TPSA) is 17.1 Å². The Balaban J connectivity index is 1.92. The molecule has 0 aromatic heterocycles. The van der Waals surface area contributed by atoms with E-state index in [1.807, 2.05) is 30.3 Å². The first kappa shape index (κ1) is 12.1. The van der Waals surface area contributed by atoms with E-state index in [0.29, 0.717) is 0 Å². The van der Waals surface area contributed by atoms with E-state index in [4.69, 9.17) is 0 Å². The minimum atomic E-state index is 0.134. The SMILES string of the molecule is CCCCCC1=C(C)C1C(=O)c1ccccc1. The quantitative estimate of drug-likeness (QED) is 0.401. The zero-order valence-electron chi connectivity index (χ0n) is 10.7. The first-order valence-corrected chi connectivity index (χ1v) is 6.54. The van der Waals surface area contributed by atoms with Gasteiger partial charge in [0, 0.05) is 5.56 Å². The molecule has 0 fully saturated rings. The maximum absolute atomic E-state index is 12.2. The molecule has 1 unspecified atom stereocenters. The summed E-state index contributed by atoms with van der Waals surface area (Å²) >= 11 is 0. The molecule has 0 radical (unpaired) electrons. The van der Waals surface area contributed by atoms with Gasteiger partial charge < -0.3 is 0 Å². The van der Waals surface area contributed by atoms with Gasteiger partial charge in [0.15, 0.2) is 5.78 Å². The maximum Gasteiger partial charge on any atom is 0.174 e. The lowest BCUT2D eigenvalue weighted by Crippen LogP contribution is -2.04. The Bertz CT molecular complexity index is 428. The van der Waals surface area contributed by atoms with Crippen LogP contribution in [-0.4, -0.2) is 5.78 Å². The predicted octanol–water partition coefficient (Wildman–Crippen LogP) is 4.40. The van der Waals surface area contributed by atoms with Gasteiger partial charge in [-0.3, -0.25) is 4.79 Å². The van der Waals surface area contributed by atoms with Gasteiger partial charge in [-0.05, 0) is 19.8 Å². The smallest absolute Gasteiger partial charge is 0.174 e. The Morgan fingerprint density at radius 3 is 2.53 bits per heavy atom. The average molecular weight is 228 g/mol. The molecule has 0 saturated heterocycles. The fraction of sp³-hybridized carbons (Fsp3) is 0.438. The number of benzene rings is 1. The van der Waals surface area contributed by atoms with Crippen molar-refractivity contribution in [2.24, 2.45) is 5.92 Å². The Hall–Kier alpha value is -1.37. The third kappa shape index (κ3) is 2.66. The first-order chi connectivity index (χ1) is 8.25. The summed E-state index contributed by atoms with van der Waals surface area (Å²) in [5.41, 5.74) is 3.56. The molecule has 1 nitrogen and oxygen atoms in total. The second-order valence-electron chi connectivity index (χ2n) is 4.83. The minimum absolute atomic E-state index is 0.134. The van der Waals surface area contributed by atoms with Crippen LogP contribution in [0.25, 0.3) is 0 Å². The molecular formula is C16H20O. The highest BCUT2D eigenvalue weighted by atomic mass is 16.1. The summed E-state index contributed by atoms with van der Waals surface area (Å²) in [6.07, 6.45) is 4.84. The van der Waals surface area contributed by atoms with Gasteiger partial charge in [-0.1, -0.05) is 61.2 Å². The number of unbranched alkanes of at least 4 members (excludes halogenated alkanes) is 2. The van der Waals surface area contributed by atoms with Crippen LogP contribution in [0.1, 0.15) is 49.9 Å². The lowest BCUT2D eigenvalue weighted by atomic mass is 10.0. The summed E-state index contributed by atoms with van der Waals surface area (Å²) in [4.78, 5) is 12.2. The van der Waals surface area contributed by atoms with Crippen molar-refractivity contribution in [1.82, 2.24) is 0 Å². The van der Waals surface area contributed by atoms with E-state index in [0.717, 1.165) is 12.0 Å². The Morgan fingerprint density at radius 1 is 1.18 bits per heavy atom. The molecule has 0 spiro atoms. The van der Waals surface area contributed by atoms with Crippen molar-refractivity contribution in [3.8, 4) is 0 Å². The molecule has 17 heavy (non-hydrogen) atoms. The largest absolute Gasteiger partial charge is 0.293 e. The summed E-state index contributed by atoms with van der Waals surface area (Å²) in [6.45, 7) is 4.31. The molecule has 1 aliphatic rings. The highest BCUT2D eigenvalue weighted by molar-refractivity contribution is 6.04. The highest BCUT2D eigenvalue weighted by Crippen LogP contribution is 2.44. The molecule has 1 heteroatoms. The molecule has 0 bridgehead atoms. The van der Waals surface area contributed by atoms with E-state index in [1.54, 1.807) is 0 Å². The molecule has 0 heterocycles. The Labute approximate surface area is 104 Å². The Kier molecular flexibility index (Phi) is 3.78. The molecule has 1 aliphatic carbocycles. The number of ketones is 1. The zero-order chi connectivity index (χ0) is 12.3. The monoisotopic (exact) mass is 228 g/mol.